The quantitative estimate of drug-likeness (QED) is 0.865. The summed E-state index contributed by atoms with van der Waals surface area (Å²) in [5, 5.41) is 0. The van der Waals surface area contributed by atoms with Crippen molar-refractivity contribution in [3.8, 4) is 0 Å². The maximum atomic E-state index is 6.29. The first-order chi connectivity index (χ1) is 10.3. The van der Waals surface area contributed by atoms with Crippen LogP contribution in [0.5, 0.6) is 0 Å². The van der Waals surface area contributed by atoms with E-state index in [4.69, 9.17) is 5.73 Å². The maximum absolute atomic E-state index is 6.29. The van der Waals surface area contributed by atoms with Crippen molar-refractivity contribution >= 4 is 0 Å². The highest BCUT2D eigenvalue weighted by atomic mass is 15.3. The topological polar surface area (TPSA) is 32.5 Å². The molecule has 2 N–H and O–H groups in total. The molecule has 3 fully saturated rings. The second-order valence-corrected chi connectivity index (χ2v) is 7.62. The fraction of sp³-hybridized carbons (Fsp3) is 1.00. The molecule has 2 aliphatic heterocycles. The third-order valence-corrected chi connectivity index (χ3v) is 6.77. The van der Waals surface area contributed by atoms with E-state index in [1.165, 1.54) is 84.0 Å². The molecule has 2 atom stereocenters. The molecular weight excluding hydrogens is 258 g/mol. The lowest BCUT2D eigenvalue weighted by Crippen LogP contribution is -2.60. The molecule has 0 spiro atoms. The molecule has 21 heavy (non-hydrogen) atoms. The zero-order chi connectivity index (χ0) is 14.7. The van der Waals surface area contributed by atoms with E-state index in [0.29, 0.717) is 5.54 Å². The molecule has 2 saturated heterocycles. The summed E-state index contributed by atoms with van der Waals surface area (Å²) in [7, 11) is 0. The molecule has 0 bridgehead atoms. The highest BCUT2D eigenvalue weighted by molar-refractivity contribution is 5.03. The van der Waals surface area contributed by atoms with Crippen LogP contribution in [0.15, 0.2) is 0 Å². The number of rotatable bonds is 4. The molecular formula is C18H35N3. The number of hydrogen-bond donors (Lipinski definition) is 1. The van der Waals surface area contributed by atoms with Crippen molar-refractivity contribution in [2.45, 2.75) is 76.3 Å². The Hall–Kier alpha value is -0.120. The third kappa shape index (κ3) is 3.02. The minimum atomic E-state index is 0.349. The van der Waals surface area contributed by atoms with E-state index in [1.807, 2.05) is 0 Å². The van der Waals surface area contributed by atoms with Gasteiger partial charge in [-0.15, -0.1) is 0 Å². The van der Waals surface area contributed by atoms with Crippen molar-refractivity contribution in [1.82, 2.24) is 9.80 Å². The largest absolute Gasteiger partial charge is 0.329 e. The van der Waals surface area contributed by atoms with E-state index in [1.54, 1.807) is 0 Å². The molecule has 2 unspecified atom stereocenters. The molecule has 1 aliphatic carbocycles. The summed E-state index contributed by atoms with van der Waals surface area (Å²) in [6.45, 7) is 8.51. The van der Waals surface area contributed by atoms with Crippen molar-refractivity contribution in [2.75, 3.05) is 32.7 Å². The number of likely N-dealkylation sites (tertiary alicyclic amines) is 2. The Morgan fingerprint density at radius 2 is 1.67 bits per heavy atom. The van der Waals surface area contributed by atoms with Crippen molar-refractivity contribution < 1.29 is 0 Å². The molecule has 0 aromatic carbocycles. The fourth-order valence-corrected chi connectivity index (χ4v) is 5.49. The van der Waals surface area contributed by atoms with E-state index in [9.17, 15) is 0 Å². The maximum Gasteiger partial charge on any atom is 0.0359 e. The Labute approximate surface area is 131 Å². The van der Waals surface area contributed by atoms with E-state index in [0.717, 1.165) is 18.5 Å². The van der Waals surface area contributed by atoms with Crippen LogP contribution in [-0.2, 0) is 0 Å². The lowest BCUT2D eigenvalue weighted by atomic mass is 9.81. The Kier molecular flexibility index (Phi) is 5.23. The van der Waals surface area contributed by atoms with Crippen LogP contribution < -0.4 is 5.73 Å². The molecule has 3 rings (SSSR count). The molecule has 3 nitrogen and oxygen atoms in total. The summed E-state index contributed by atoms with van der Waals surface area (Å²) in [5.41, 5.74) is 6.64. The molecule has 0 aromatic rings. The number of nitrogens with two attached hydrogens (primary N) is 1. The number of nitrogens with zero attached hydrogens (tertiary/aromatic N) is 2. The second kappa shape index (κ2) is 6.97. The fourth-order valence-electron chi connectivity index (χ4n) is 5.49. The first kappa shape index (κ1) is 15.8. The van der Waals surface area contributed by atoms with Crippen molar-refractivity contribution in [2.24, 2.45) is 11.7 Å². The highest BCUT2D eigenvalue weighted by Gasteiger charge is 2.46. The minimum Gasteiger partial charge on any atom is -0.329 e. The molecule has 0 radical (unpaired) electrons. The van der Waals surface area contributed by atoms with Crippen LogP contribution in [0.25, 0.3) is 0 Å². The Bertz CT molecular complexity index is 318. The number of hydrogen-bond acceptors (Lipinski definition) is 3. The van der Waals surface area contributed by atoms with Gasteiger partial charge in [-0.25, -0.2) is 0 Å². The van der Waals surface area contributed by atoms with Crippen LogP contribution in [0.1, 0.15) is 64.7 Å². The molecule has 3 aliphatic rings. The Morgan fingerprint density at radius 3 is 2.29 bits per heavy atom. The SMILES string of the molecule is CCC1CCCC1(CN)N1CCC(N2CCCCC2)CC1. The molecule has 0 aromatic heterocycles. The summed E-state index contributed by atoms with van der Waals surface area (Å²) in [4.78, 5) is 5.58. The predicted molar refractivity (Wildman–Crippen MR) is 89.4 cm³/mol. The van der Waals surface area contributed by atoms with Gasteiger partial charge in [0.1, 0.15) is 0 Å². The van der Waals surface area contributed by atoms with Gasteiger partial charge >= 0.3 is 0 Å². The van der Waals surface area contributed by atoms with Gasteiger partial charge in [0.25, 0.3) is 0 Å². The van der Waals surface area contributed by atoms with E-state index in [2.05, 4.69) is 16.7 Å². The van der Waals surface area contributed by atoms with Crippen LogP contribution >= 0.6 is 0 Å². The molecule has 3 heteroatoms. The number of piperidine rings is 2. The Balaban J connectivity index is 1.59. The lowest BCUT2D eigenvalue weighted by molar-refractivity contribution is 0.00710. The van der Waals surface area contributed by atoms with Gasteiger partial charge in [0.2, 0.25) is 0 Å². The summed E-state index contributed by atoms with van der Waals surface area (Å²) >= 11 is 0. The first-order valence-electron chi connectivity index (χ1n) is 9.49. The van der Waals surface area contributed by atoms with Crippen molar-refractivity contribution in [3.05, 3.63) is 0 Å². The molecule has 122 valence electrons. The summed E-state index contributed by atoms with van der Waals surface area (Å²) < 4.78 is 0. The van der Waals surface area contributed by atoms with Crippen molar-refractivity contribution in [3.63, 3.8) is 0 Å². The van der Waals surface area contributed by atoms with Crippen LogP contribution in [0.2, 0.25) is 0 Å². The van der Waals surface area contributed by atoms with Gasteiger partial charge in [-0.3, -0.25) is 4.90 Å². The second-order valence-electron chi connectivity index (χ2n) is 7.62. The Morgan fingerprint density at radius 1 is 0.952 bits per heavy atom. The van der Waals surface area contributed by atoms with Gasteiger partial charge in [0.15, 0.2) is 0 Å². The van der Waals surface area contributed by atoms with Gasteiger partial charge in [-0.05, 0) is 57.5 Å². The smallest absolute Gasteiger partial charge is 0.0359 e. The monoisotopic (exact) mass is 293 g/mol. The van der Waals surface area contributed by atoms with Crippen molar-refractivity contribution in [1.29, 1.82) is 0 Å². The standard InChI is InChI=1S/C18H35N3/c1-2-16-7-6-10-18(16,15-19)21-13-8-17(9-14-21)20-11-4-3-5-12-20/h16-17H,2-15,19H2,1H3. The van der Waals surface area contributed by atoms with Crippen LogP contribution in [0.4, 0.5) is 0 Å². The van der Waals surface area contributed by atoms with E-state index in [-0.39, 0.29) is 0 Å². The molecule has 2 heterocycles. The van der Waals surface area contributed by atoms with Gasteiger partial charge in [0, 0.05) is 31.2 Å². The summed E-state index contributed by atoms with van der Waals surface area (Å²) in [6.07, 6.45) is 12.5. The highest BCUT2D eigenvalue weighted by Crippen LogP contribution is 2.43. The van der Waals surface area contributed by atoms with Crippen LogP contribution in [0.3, 0.4) is 0 Å². The van der Waals surface area contributed by atoms with E-state index >= 15 is 0 Å². The van der Waals surface area contributed by atoms with Gasteiger partial charge in [-0.2, -0.15) is 0 Å². The van der Waals surface area contributed by atoms with Crippen LogP contribution in [-0.4, -0.2) is 54.1 Å². The average Bonchev–Trinajstić information content (AvgIpc) is 3.00. The average molecular weight is 293 g/mol. The van der Waals surface area contributed by atoms with Gasteiger partial charge in [-0.1, -0.05) is 26.2 Å². The van der Waals surface area contributed by atoms with E-state index < -0.39 is 0 Å². The summed E-state index contributed by atoms with van der Waals surface area (Å²) in [6, 6.07) is 0.859. The lowest BCUT2D eigenvalue weighted by Gasteiger charge is -2.49. The summed E-state index contributed by atoms with van der Waals surface area (Å²) in [5.74, 6) is 0.842. The first-order valence-corrected chi connectivity index (χ1v) is 9.49. The normalized spacial score (nSPS) is 37.1. The van der Waals surface area contributed by atoms with Crippen LogP contribution in [0, 0.1) is 5.92 Å². The van der Waals surface area contributed by atoms with Gasteiger partial charge < -0.3 is 10.6 Å². The zero-order valence-corrected chi connectivity index (χ0v) is 14.0. The third-order valence-electron chi connectivity index (χ3n) is 6.77. The zero-order valence-electron chi connectivity index (χ0n) is 14.0. The molecule has 1 saturated carbocycles. The predicted octanol–water partition coefficient (Wildman–Crippen LogP) is 2.84. The minimum absolute atomic E-state index is 0.349. The molecule has 0 amide bonds. The van der Waals surface area contributed by atoms with Gasteiger partial charge in [0.05, 0.1) is 0 Å².